The molecule has 0 radical (unpaired) electrons. The van der Waals surface area contributed by atoms with Gasteiger partial charge < -0.3 is 10.1 Å². The topological polar surface area (TPSA) is 56.2 Å². The normalized spacial score (nSPS) is 21.2. The molecule has 1 N–H and O–H groups in total. The number of carbonyl (C=O) groups excluding carboxylic acids is 1. The Kier molecular flexibility index (Phi) is 2.94. The fraction of sp³-hybridized carbons (Fsp3) is 0.667. The zero-order valence-corrected chi connectivity index (χ0v) is 9.82. The van der Waals surface area contributed by atoms with Crippen molar-refractivity contribution in [2.45, 2.75) is 31.9 Å². The molecule has 1 aromatic rings. The molecule has 0 amide bonds. The van der Waals surface area contributed by atoms with Gasteiger partial charge in [-0.05, 0) is 25.9 Å². The number of carbonyl (C=O) groups is 1. The van der Waals surface area contributed by atoms with Gasteiger partial charge in [-0.1, -0.05) is 0 Å². The third kappa shape index (κ3) is 1.89. The highest BCUT2D eigenvalue weighted by atomic mass is 16.5. The molecule has 1 saturated heterocycles. The molecular weight excluding hydrogens is 218 g/mol. The standard InChI is InChI=1S/C12H17N3O2/c16-7-11-10-8-17-6-3-12(10)15(14-11)9-1-4-13-5-2-9/h7,9,13H,1-6,8H2. The summed E-state index contributed by atoms with van der Waals surface area (Å²) in [7, 11) is 0. The summed E-state index contributed by atoms with van der Waals surface area (Å²) in [6.07, 6.45) is 3.91. The van der Waals surface area contributed by atoms with E-state index in [-0.39, 0.29) is 0 Å². The van der Waals surface area contributed by atoms with Crippen LogP contribution in [0.15, 0.2) is 0 Å². The summed E-state index contributed by atoms with van der Waals surface area (Å²) < 4.78 is 7.50. The minimum atomic E-state index is 0.441. The highest BCUT2D eigenvalue weighted by Gasteiger charge is 2.25. The zero-order valence-electron chi connectivity index (χ0n) is 9.82. The molecule has 0 aliphatic carbocycles. The molecule has 3 rings (SSSR count). The van der Waals surface area contributed by atoms with Crippen LogP contribution in [0.5, 0.6) is 0 Å². The van der Waals surface area contributed by atoms with Crippen LogP contribution < -0.4 is 5.32 Å². The predicted octanol–water partition coefficient (Wildman–Crippen LogP) is 0.693. The van der Waals surface area contributed by atoms with E-state index in [0.29, 0.717) is 18.3 Å². The summed E-state index contributed by atoms with van der Waals surface area (Å²) in [4.78, 5) is 11.0. The average Bonchev–Trinajstić information content (AvgIpc) is 2.78. The fourth-order valence-corrected chi connectivity index (χ4v) is 2.74. The van der Waals surface area contributed by atoms with Gasteiger partial charge in [-0.3, -0.25) is 9.48 Å². The first-order valence-electron chi connectivity index (χ1n) is 6.24. The molecule has 2 aliphatic rings. The Hall–Kier alpha value is -1.20. The number of hydrogen-bond acceptors (Lipinski definition) is 4. The Morgan fingerprint density at radius 2 is 2.24 bits per heavy atom. The first-order chi connectivity index (χ1) is 8.40. The maximum Gasteiger partial charge on any atom is 0.170 e. The van der Waals surface area contributed by atoms with Crippen LogP contribution in [0, 0.1) is 0 Å². The molecule has 2 aliphatic heterocycles. The smallest absolute Gasteiger partial charge is 0.170 e. The van der Waals surface area contributed by atoms with Gasteiger partial charge in [-0.15, -0.1) is 0 Å². The van der Waals surface area contributed by atoms with Crippen molar-refractivity contribution < 1.29 is 9.53 Å². The number of nitrogens with zero attached hydrogens (tertiary/aromatic N) is 2. The summed E-state index contributed by atoms with van der Waals surface area (Å²) >= 11 is 0. The van der Waals surface area contributed by atoms with Gasteiger partial charge in [0, 0.05) is 17.7 Å². The summed E-state index contributed by atoms with van der Waals surface area (Å²) in [5, 5.41) is 7.82. The molecule has 1 fully saturated rings. The Balaban J connectivity index is 1.97. The molecule has 0 unspecified atom stereocenters. The molecule has 0 atom stereocenters. The number of aromatic nitrogens is 2. The van der Waals surface area contributed by atoms with Crippen molar-refractivity contribution in [3.05, 3.63) is 17.0 Å². The first kappa shape index (κ1) is 10.9. The van der Waals surface area contributed by atoms with Gasteiger partial charge in [0.05, 0.1) is 19.3 Å². The van der Waals surface area contributed by atoms with Crippen LogP contribution in [0.25, 0.3) is 0 Å². The summed E-state index contributed by atoms with van der Waals surface area (Å²) in [5.74, 6) is 0. The van der Waals surface area contributed by atoms with Gasteiger partial charge in [-0.25, -0.2) is 0 Å². The monoisotopic (exact) mass is 235 g/mol. The van der Waals surface area contributed by atoms with Gasteiger partial charge in [0.15, 0.2) is 6.29 Å². The van der Waals surface area contributed by atoms with Crippen molar-refractivity contribution in [2.24, 2.45) is 0 Å². The van der Waals surface area contributed by atoms with Crippen molar-refractivity contribution in [1.82, 2.24) is 15.1 Å². The fourth-order valence-electron chi connectivity index (χ4n) is 2.74. The maximum atomic E-state index is 11.0. The minimum absolute atomic E-state index is 0.441. The number of rotatable bonds is 2. The van der Waals surface area contributed by atoms with Crippen LogP contribution in [0.4, 0.5) is 0 Å². The minimum Gasteiger partial charge on any atom is -0.376 e. The second kappa shape index (κ2) is 4.58. The maximum absolute atomic E-state index is 11.0. The van der Waals surface area contributed by atoms with Crippen LogP contribution in [-0.4, -0.2) is 35.8 Å². The lowest BCUT2D eigenvalue weighted by Gasteiger charge is -2.26. The van der Waals surface area contributed by atoms with Crippen molar-refractivity contribution in [3.8, 4) is 0 Å². The van der Waals surface area contributed by atoms with E-state index in [2.05, 4.69) is 15.1 Å². The van der Waals surface area contributed by atoms with E-state index in [1.165, 1.54) is 5.69 Å². The van der Waals surface area contributed by atoms with Gasteiger partial charge in [-0.2, -0.15) is 5.10 Å². The third-order valence-corrected chi connectivity index (χ3v) is 3.65. The van der Waals surface area contributed by atoms with Gasteiger partial charge in [0.25, 0.3) is 0 Å². The third-order valence-electron chi connectivity index (χ3n) is 3.65. The molecule has 0 saturated carbocycles. The largest absolute Gasteiger partial charge is 0.376 e. The Morgan fingerprint density at radius 1 is 1.41 bits per heavy atom. The highest BCUT2D eigenvalue weighted by molar-refractivity contribution is 5.74. The van der Waals surface area contributed by atoms with E-state index in [9.17, 15) is 4.79 Å². The Labute approximate surface area is 100 Å². The Morgan fingerprint density at radius 3 is 3.00 bits per heavy atom. The van der Waals surface area contributed by atoms with E-state index in [4.69, 9.17) is 4.74 Å². The molecule has 0 spiro atoms. The molecule has 5 heteroatoms. The molecule has 5 nitrogen and oxygen atoms in total. The van der Waals surface area contributed by atoms with Crippen LogP contribution in [-0.2, 0) is 17.8 Å². The van der Waals surface area contributed by atoms with Crippen molar-refractivity contribution in [1.29, 1.82) is 0 Å². The molecule has 0 bridgehead atoms. The lowest BCUT2D eigenvalue weighted by atomic mass is 10.0. The van der Waals surface area contributed by atoms with Gasteiger partial charge >= 0.3 is 0 Å². The molecule has 92 valence electrons. The van der Waals surface area contributed by atoms with E-state index < -0.39 is 0 Å². The summed E-state index contributed by atoms with van der Waals surface area (Å²) in [6.45, 7) is 3.34. The quantitative estimate of drug-likeness (QED) is 0.766. The predicted molar refractivity (Wildman–Crippen MR) is 62.1 cm³/mol. The van der Waals surface area contributed by atoms with Crippen molar-refractivity contribution >= 4 is 6.29 Å². The molecule has 0 aromatic carbocycles. The number of piperidine rings is 1. The van der Waals surface area contributed by atoms with Crippen molar-refractivity contribution in [3.63, 3.8) is 0 Å². The number of aldehydes is 1. The second-order valence-corrected chi connectivity index (χ2v) is 4.66. The lowest BCUT2D eigenvalue weighted by Crippen LogP contribution is -2.31. The Bertz CT molecular complexity index is 422. The van der Waals surface area contributed by atoms with E-state index in [1.54, 1.807) is 0 Å². The average molecular weight is 235 g/mol. The van der Waals surface area contributed by atoms with Crippen LogP contribution >= 0.6 is 0 Å². The van der Waals surface area contributed by atoms with E-state index >= 15 is 0 Å². The lowest BCUT2D eigenvalue weighted by molar-refractivity contribution is 0.104. The molecule has 17 heavy (non-hydrogen) atoms. The molecule has 3 heterocycles. The first-order valence-corrected chi connectivity index (χ1v) is 6.24. The summed E-state index contributed by atoms with van der Waals surface area (Å²) in [6, 6.07) is 0.441. The van der Waals surface area contributed by atoms with E-state index in [0.717, 1.165) is 50.8 Å². The van der Waals surface area contributed by atoms with E-state index in [1.807, 2.05) is 0 Å². The number of hydrogen-bond donors (Lipinski definition) is 1. The number of nitrogens with one attached hydrogen (secondary N) is 1. The second-order valence-electron chi connectivity index (χ2n) is 4.66. The summed E-state index contributed by atoms with van der Waals surface area (Å²) in [5.41, 5.74) is 2.79. The van der Waals surface area contributed by atoms with Gasteiger partial charge in [0.1, 0.15) is 5.69 Å². The molecule has 1 aromatic heterocycles. The highest BCUT2D eigenvalue weighted by Crippen LogP contribution is 2.26. The zero-order chi connectivity index (χ0) is 11.7. The number of fused-ring (bicyclic) bond motifs is 1. The SMILES string of the molecule is O=Cc1nn(C2CCNCC2)c2c1COCC2. The number of ether oxygens (including phenoxy) is 1. The van der Waals surface area contributed by atoms with Crippen LogP contribution in [0.2, 0.25) is 0 Å². The van der Waals surface area contributed by atoms with Gasteiger partial charge in [0.2, 0.25) is 0 Å². The van der Waals surface area contributed by atoms with Crippen LogP contribution in [0.3, 0.4) is 0 Å². The van der Waals surface area contributed by atoms with Crippen LogP contribution in [0.1, 0.15) is 40.6 Å². The molecular formula is C12H17N3O2. The van der Waals surface area contributed by atoms with Crippen molar-refractivity contribution in [2.75, 3.05) is 19.7 Å².